The van der Waals surface area contributed by atoms with Crippen LogP contribution < -0.4 is 9.05 Å². The van der Waals surface area contributed by atoms with Crippen LogP contribution in [0, 0.1) is 0 Å². The molecule has 2 rings (SSSR count). The molecule has 0 saturated carbocycles. The molecular formula is C56H99O3P. The van der Waals surface area contributed by atoms with Gasteiger partial charge in [0.25, 0.3) is 0 Å². The number of rotatable bonds is 30. The van der Waals surface area contributed by atoms with Gasteiger partial charge < -0.3 is 9.05 Å². The fourth-order valence-corrected chi connectivity index (χ4v) is 9.24. The van der Waals surface area contributed by atoms with Gasteiger partial charge in [-0.2, -0.15) is 0 Å². The molecule has 0 aromatic heterocycles. The van der Waals surface area contributed by atoms with Crippen LogP contribution in [0.4, 0.5) is 0 Å². The van der Waals surface area contributed by atoms with Crippen molar-refractivity contribution in [3.63, 3.8) is 0 Å². The lowest BCUT2D eigenvalue weighted by atomic mass is 9.78. The van der Waals surface area contributed by atoms with E-state index >= 15 is 0 Å². The molecule has 0 spiro atoms. The average Bonchev–Trinajstić information content (AvgIpc) is 3.15. The lowest BCUT2D eigenvalue weighted by Crippen LogP contribution is -2.20. The molecule has 2 aromatic rings. The molecule has 0 saturated heterocycles. The highest BCUT2D eigenvalue weighted by Gasteiger charge is 2.32. The van der Waals surface area contributed by atoms with Crippen molar-refractivity contribution in [2.75, 3.05) is 6.61 Å². The fraction of sp³-hybridized carbons (Fsp3) is 0.786. The first kappa shape index (κ1) is 54.6. The summed E-state index contributed by atoms with van der Waals surface area (Å²) in [5.41, 5.74) is 7.76. The summed E-state index contributed by atoms with van der Waals surface area (Å²) in [4.78, 5) is 0. The number of aryl methyl sites for hydroxylation is 2. The zero-order valence-corrected chi connectivity index (χ0v) is 43.6. The molecule has 0 unspecified atom stereocenters. The summed E-state index contributed by atoms with van der Waals surface area (Å²) in [6, 6.07) is 9.78. The molecule has 0 N–H and O–H groups in total. The van der Waals surface area contributed by atoms with E-state index in [1.54, 1.807) is 0 Å². The van der Waals surface area contributed by atoms with Crippen molar-refractivity contribution in [2.24, 2.45) is 0 Å². The van der Waals surface area contributed by atoms with E-state index in [1.807, 2.05) is 0 Å². The van der Waals surface area contributed by atoms with Crippen LogP contribution in [0.5, 0.6) is 11.5 Å². The van der Waals surface area contributed by atoms with Crippen molar-refractivity contribution in [3.8, 4) is 11.5 Å². The van der Waals surface area contributed by atoms with Gasteiger partial charge in [0.15, 0.2) is 0 Å². The molecule has 60 heavy (non-hydrogen) atoms. The van der Waals surface area contributed by atoms with Gasteiger partial charge in [-0.25, -0.2) is 0 Å². The summed E-state index contributed by atoms with van der Waals surface area (Å²) >= 11 is 0. The van der Waals surface area contributed by atoms with E-state index in [1.165, 1.54) is 168 Å². The van der Waals surface area contributed by atoms with Gasteiger partial charge >= 0.3 is 8.60 Å². The fourth-order valence-electron chi connectivity index (χ4n) is 8.09. The Hall–Kier alpha value is -1.57. The smallest absolute Gasteiger partial charge is 0.417 e. The maximum Gasteiger partial charge on any atom is 0.463 e. The van der Waals surface area contributed by atoms with Crippen molar-refractivity contribution in [2.45, 2.75) is 280 Å². The first-order valence-electron chi connectivity index (χ1n) is 25.4. The Bertz CT molecular complexity index is 1350. The van der Waals surface area contributed by atoms with Gasteiger partial charge in [0.2, 0.25) is 0 Å². The van der Waals surface area contributed by atoms with Crippen molar-refractivity contribution < 1.29 is 13.6 Å². The van der Waals surface area contributed by atoms with Gasteiger partial charge in [-0.3, -0.25) is 4.52 Å². The van der Waals surface area contributed by atoms with Crippen molar-refractivity contribution in [3.05, 3.63) is 57.6 Å². The highest BCUT2D eigenvalue weighted by atomic mass is 31.2. The predicted octanol–water partition coefficient (Wildman–Crippen LogP) is 19.3. The molecule has 0 aliphatic carbocycles. The van der Waals surface area contributed by atoms with Gasteiger partial charge in [0, 0.05) is 11.1 Å². The van der Waals surface area contributed by atoms with Crippen LogP contribution in [0.2, 0.25) is 0 Å². The molecule has 0 aliphatic rings. The van der Waals surface area contributed by atoms with Crippen molar-refractivity contribution in [1.29, 1.82) is 0 Å². The van der Waals surface area contributed by atoms with Crippen molar-refractivity contribution in [1.82, 2.24) is 0 Å². The van der Waals surface area contributed by atoms with Crippen LogP contribution >= 0.6 is 8.60 Å². The Balaban J connectivity index is 2.67. The Morgan fingerprint density at radius 2 is 0.667 bits per heavy atom. The van der Waals surface area contributed by atoms with E-state index in [0.29, 0.717) is 6.61 Å². The number of benzene rings is 2. The van der Waals surface area contributed by atoms with E-state index in [-0.39, 0.29) is 21.7 Å². The minimum Gasteiger partial charge on any atom is -0.417 e. The lowest BCUT2D eigenvalue weighted by Gasteiger charge is -2.32. The predicted molar refractivity (Wildman–Crippen MR) is 268 cm³/mol. The van der Waals surface area contributed by atoms with Crippen LogP contribution in [0.25, 0.3) is 0 Å². The summed E-state index contributed by atoms with van der Waals surface area (Å²) in [5, 5.41) is 0. The molecule has 0 bridgehead atoms. The molecule has 0 heterocycles. The Morgan fingerprint density at radius 3 is 0.967 bits per heavy atom. The first-order chi connectivity index (χ1) is 28.2. The average molecular weight is 851 g/mol. The lowest BCUT2D eigenvalue weighted by molar-refractivity contribution is 0.254. The second-order valence-corrected chi connectivity index (χ2v) is 23.6. The van der Waals surface area contributed by atoms with Gasteiger partial charge in [0.05, 0.1) is 6.61 Å². The monoisotopic (exact) mass is 851 g/mol. The maximum atomic E-state index is 7.38. The zero-order valence-electron chi connectivity index (χ0n) is 42.7. The van der Waals surface area contributed by atoms with Gasteiger partial charge in [-0.15, -0.1) is 0 Å². The number of hydrogen-bond donors (Lipinski definition) is 0. The Morgan fingerprint density at radius 1 is 0.367 bits per heavy atom. The third-order valence-electron chi connectivity index (χ3n) is 12.3. The summed E-state index contributed by atoms with van der Waals surface area (Å²) < 4.78 is 21.7. The third-order valence-corrected chi connectivity index (χ3v) is 13.4. The highest BCUT2D eigenvalue weighted by molar-refractivity contribution is 7.42. The molecular weight excluding hydrogens is 752 g/mol. The Kier molecular flexibility index (Phi) is 25.1. The van der Waals surface area contributed by atoms with E-state index in [0.717, 1.165) is 30.8 Å². The number of unbranched alkanes of at least 4 members (excludes halogenated alkanes) is 19. The van der Waals surface area contributed by atoms with Crippen LogP contribution in [-0.4, -0.2) is 6.61 Å². The standard InChI is InChI=1S/C56H99O3P/c1-16-19-22-25-28-31-34-37-40-57-60(58-51-45(38-35-32-29-26-23-20-17-2)41-47(53(4,5)6)43-49(51)55(10,11)12)59-52-46(39-36-33-30-27-24-21-18-3)42-48(54(7,8)9)44-50(52)56(13,14)15/h41-44H,16-40H2,1-15H3. The molecule has 0 amide bonds. The van der Waals surface area contributed by atoms with Gasteiger partial charge in [0.1, 0.15) is 11.5 Å². The molecule has 3 nitrogen and oxygen atoms in total. The normalized spacial score (nSPS) is 12.8. The van der Waals surface area contributed by atoms with E-state index in [2.05, 4.69) is 128 Å². The molecule has 0 aliphatic heterocycles. The largest absolute Gasteiger partial charge is 0.463 e. The number of hydrogen-bond acceptors (Lipinski definition) is 3. The first-order valence-corrected chi connectivity index (χ1v) is 26.5. The summed E-state index contributed by atoms with van der Waals surface area (Å²) in [6.45, 7) is 35.7. The quantitative estimate of drug-likeness (QED) is 0.0579. The second kappa shape index (κ2) is 27.6. The highest BCUT2D eigenvalue weighted by Crippen LogP contribution is 2.51. The summed E-state index contributed by atoms with van der Waals surface area (Å²) in [5.74, 6) is 2.00. The summed E-state index contributed by atoms with van der Waals surface area (Å²) in [7, 11) is -1.74. The minimum absolute atomic E-state index is 0.0308. The van der Waals surface area contributed by atoms with Crippen LogP contribution in [0.3, 0.4) is 0 Å². The van der Waals surface area contributed by atoms with Crippen LogP contribution in [0.15, 0.2) is 24.3 Å². The third kappa shape index (κ3) is 20.7. The van der Waals surface area contributed by atoms with Crippen LogP contribution in [0.1, 0.15) is 278 Å². The SMILES string of the molecule is CCCCCCCCCCOP(Oc1c(CCCCCCCCC)cc(C(C)(C)C)cc1C(C)(C)C)Oc1c(CCCCCCCCC)cc(C(C)(C)C)cc1C(C)(C)C. The zero-order chi connectivity index (χ0) is 44.8. The topological polar surface area (TPSA) is 27.7 Å². The van der Waals surface area contributed by atoms with Gasteiger partial charge in [-0.05, 0) is 76.0 Å². The molecule has 0 fully saturated rings. The molecule has 346 valence electrons. The van der Waals surface area contributed by atoms with Gasteiger partial charge in [-0.1, -0.05) is 250 Å². The van der Waals surface area contributed by atoms with E-state index < -0.39 is 8.60 Å². The van der Waals surface area contributed by atoms with Crippen LogP contribution in [-0.2, 0) is 39.0 Å². The van der Waals surface area contributed by atoms with E-state index in [9.17, 15) is 0 Å². The molecule has 0 radical (unpaired) electrons. The van der Waals surface area contributed by atoms with Crippen molar-refractivity contribution >= 4 is 8.60 Å². The minimum atomic E-state index is -1.74. The van der Waals surface area contributed by atoms with E-state index in [4.69, 9.17) is 13.6 Å². The second-order valence-electron chi connectivity index (χ2n) is 22.5. The maximum absolute atomic E-state index is 7.38. The molecule has 2 aromatic carbocycles. The Labute approximate surface area is 376 Å². The molecule has 4 heteroatoms. The summed E-state index contributed by atoms with van der Waals surface area (Å²) in [6.07, 6.45) is 30.3. The molecule has 0 atom stereocenters.